The highest BCUT2D eigenvalue weighted by Gasteiger charge is 2.19. The van der Waals surface area contributed by atoms with Gasteiger partial charge in [0.25, 0.3) is 0 Å². The zero-order valence-corrected chi connectivity index (χ0v) is 14.8. The van der Waals surface area contributed by atoms with Gasteiger partial charge in [0.15, 0.2) is 0 Å². The van der Waals surface area contributed by atoms with Crippen molar-refractivity contribution in [3.05, 3.63) is 81.6 Å². The first-order valence-electron chi connectivity index (χ1n) is 8.03. The Labute approximate surface area is 151 Å². The number of hydrogen-bond acceptors (Lipinski definition) is 5. The summed E-state index contributed by atoms with van der Waals surface area (Å²) in [7, 11) is 0. The summed E-state index contributed by atoms with van der Waals surface area (Å²) in [4.78, 5) is 22.2. The molecule has 0 aliphatic rings. The average Bonchev–Trinajstić information content (AvgIpc) is 3.03. The SMILES string of the molecule is Cc1ccc(C(NCc2ccncc2Cc2ccncc2)C(N)=O)s1. The Morgan fingerprint density at radius 1 is 1.12 bits per heavy atom. The number of carbonyl (C=O) groups excluding carboxylic acids is 1. The van der Waals surface area contributed by atoms with Crippen molar-refractivity contribution in [2.45, 2.75) is 25.9 Å². The molecule has 1 unspecified atom stereocenters. The number of amides is 1. The lowest BCUT2D eigenvalue weighted by Gasteiger charge is -2.16. The van der Waals surface area contributed by atoms with Gasteiger partial charge < -0.3 is 5.73 Å². The summed E-state index contributed by atoms with van der Waals surface area (Å²) in [6, 6.07) is 9.42. The van der Waals surface area contributed by atoms with E-state index in [-0.39, 0.29) is 5.91 Å². The van der Waals surface area contributed by atoms with Crippen LogP contribution in [-0.2, 0) is 17.8 Å². The van der Waals surface area contributed by atoms with Crippen molar-refractivity contribution < 1.29 is 4.79 Å². The van der Waals surface area contributed by atoms with E-state index in [1.54, 1.807) is 29.9 Å². The van der Waals surface area contributed by atoms with Gasteiger partial charge in [-0.25, -0.2) is 0 Å². The Morgan fingerprint density at radius 3 is 2.56 bits per heavy atom. The Bertz CT molecular complexity index is 847. The Hall–Kier alpha value is -2.57. The minimum absolute atomic E-state index is 0.369. The van der Waals surface area contributed by atoms with Crippen molar-refractivity contribution in [2.75, 3.05) is 0 Å². The molecule has 3 N–H and O–H groups in total. The minimum Gasteiger partial charge on any atom is -0.368 e. The lowest BCUT2D eigenvalue weighted by Crippen LogP contribution is -2.33. The van der Waals surface area contributed by atoms with Crippen LogP contribution in [0.3, 0.4) is 0 Å². The third-order valence-electron chi connectivity index (χ3n) is 3.98. The molecule has 0 fully saturated rings. The van der Waals surface area contributed by atoms with Crippen molar-refractivity contribution >= 4 is 17.2 Å². The molecule has 0 aliphatic carbocycles. The molecule has 3 heterocycles. The van der Waals surface area contributed by atoms with Crippen LogP contribution >= 0.6 is 11.3 Å². The number of nitrogens with zero attached hydrogens (tertiary/aromatic N) is 2. The summed E-state index contributed by atoms with van der Waals surface area (Å²) in [6.45, 7) is 2.56. The van der Waals surface area contributed by atoms with Crippen LogP contribution in [0.2, 0.25) is 0 Å². The van der Waals surface area contributed by atoms with E-state index in [0.717, 1.165) is 27.3 Å². The maximum atomic E-state index is 11.9. The van der Waals surface area contributed by atoms with Crippen LogP contribution in [0.4, 0.5) is 0 Å². The molecule has 0 saturated heterocycles. The Kier molecular flexibility index (Phi) is 5.53. The predicted molar refractivity (Wildman–Crippen MR) is 99.1 cm³/mol. The molecule has 0 aromatic carbocycles. The van der Waals surface area contributed by atoms with Gasteiger partial charge in [-0.1, -0.05) is 0 Å². The zero-order chi connectivity index (χ0) is 17.6. The molecule has 3 aromatic heterocycles. The molecule has 25 heavy (non-hydrogen) atoms. The third-order valence-corrected chi connectivity index (χ3v) is 5.04. The largest absolute Gasteiger partial charge is 0.368 e. The number of rotatable bonds is 7. The van der Waals surface area contributed by atoms with Crippen molar-refractivity contribution in [3.63, 3.8) is 0 Å². The number of pyridine rings is 2. The molecule has 3 aromatic rings. The predicted octanol–water partition coefficient (Wildman–Crippen LogP) is 2.75. The average molecular weight is 352 g/mol. The highest BCUT2D eigenvalue weighted by atomic mass is 32.1. The van der Waals surface area contributed by atoms with E-state index in [9.17, 15) is 4.79 Å². The molecule has 3 rings (SSSR count). The van der Waals surface area contributed by atoms with Crippen LogP contribution in [0.1, 0.15) is 32.5 Å². The van der Waals surface area contributed by atoms with Gasteiger partial charge in [-0.05, 0) is 60.4 Å². The molecule has 6 heteroatoms. The molecule has 128 valence electrons. The molecule has 0 saturated carbocycles. The van der Waals surface area contributed by atoms with E-state index in [1.807, 2.05) is 43.5 Å². The summed E-state index contributed by atoms with van der Waals surface area (Å²) >= 11 is 1.58. The molecular formula is C19H20N4OS. The fourth-order valence-electron chi connectivity index (χ4n) is 2.67. The second kappa shape index (κ2) is 8.00. The van der Waals surface area contributed by atoms with Gasteiger partial charge in [-0.15, -0.1) is 11.3 Å². The number of thiophene rings is 1. The number of primary amides is 1. The molecular weight excluding hydrogens is 332 g/mol. The van der Waals surface area contributed by atoms with E-state index in [4.69, 9.17) is 5.73 Å². The van der Waals surface area contributed by atoms with Gasteiger partial charge in [-0.3, -0.25) is 20.1 Å². The van der Waals surface area contributed by atoms with Crippen LogP contribution in [0.5, 0.6) is 0 Å². The number of nitrogens with one attached hydrogen (secondary N) is 1. The van der Waals surface area contributed by atoms with Gasteiger partial charge in [0.2, 0.25) is 5.91 Å². The maximum Gasteiger partial charge on any atom is 0.240 e. The summed E-state index contributed by atoms with van der Waals surface area (Å²) in [6.07, 6.45) is 7.97. The van der Waals surface area contributed by atoms with Gasteiger partial charge >= 0.3 is 0 Å². The normalized spacial score (nSPS) is 12.0. The highest BCUT2D eigenvalue weighted by Crippen LogP contribution is 2.23. The smallest absolute Gasteiger partial charge is 0.240 e. The number of aryl methyl sites for hydroxylation is 1. The Balaban J connectivity index is 1.75. The van der Waals surface area contributed by atoms with Crippen molar-refractivity contribution in [3.8, 4) is 0 Å². The third kappa shape index (κ3) is 4.49. The van der Waals surface area contributed by atoms with Crippen molar-refractivity contribution in [1.29, 1.82) is 0 Å². The topological polar surface area (TPSA) is 80.9 Å². The highest BCUT2D eigenvalue weighted by molar-refractivity contribution is 7.12. The van der Waals surface area contributed by atoms with E-state index in [2.05, 4.69) is 15.3 Å². The van der Waals surface area contributed by atoms with Gasteiger partial charge in [0.1, 0.15) is 6.04 Å². The minimum atomic E-state index is -0.486. The lowest BCUT2D eigenvalue weighted by molar-refractivity contribution is -0.120. The van der Waals surface area contributed by atoms with Crippen LogP contribution in [0, 0.1) is 6.92 Å². The van der Waals surface area contributed by atoms with Crippen molar-refractivity contribution in [2.24, 2.45) is 5.73 Å². The van der Waals surface area contributed by atoms with Gasteiger partial charge in [-0.2, -0.15) is 0 Å². The van der Waals surface area contributed by atoms with E-state index in [0.29, 0.717) is 6.54 Å². The number of nitrogens with two attached hydrogens (primary N) is 1. The second-order valence-electron chi connectivity index (χ2n) is 5.84. The van der Waals surface area contributed by atoms with E-state index in [1.165, 1.54) is 5.56 Å². The van der Waals surface area contributed by atoms with Gasteiger partial charge in [0, 0.05) is 41.1 Å². The fourth-order valence-corrected chi connectivity index (χ4v) is 3.63. The second-order valence-corrected chi connectivity index (χ2v) is 7.16. The van der Waals surface area contributed by atoms with Crippen molar-refractivity contribution in [1.82, 2.24) is 15.3 Å². The standard InChI is InChI=1S/C19H20N4OS/c1-13-2-3-17(25-13)18(19(20)24)23-12-15-6-9-22-11-16(15)10-14-4-7-21-8-5-14/h2-9,11,18,23H,10,12H2,1H3,(H2,20,24). The molecule has 0 spiro atoms. The monoisotopic (exact) mass is 352 g/mol. The lowest BCUT2D eigenvalue weighted by atomic mass is 10.0. The Morgan fingerprint density at radius 2 is 1.88 bits per heavy atom. The maximum absolute atomic E-state index is 11.9. The molecule has 0 aliphatic heterocycles. The summed E-state index contributed by atoms with van der Waals surface area (Å²) in [5.74, 6) is -0.369. The first kappa shape index (κ1) is 17.3. The van der Waals surface area contributed by atoms with Crippen LogP contribution in [-0.4, -0.2) is 15.9 Å². The number of aromatic nitrogens is 2. The van der Waals surface area contributed by atoms with Crippen LogP contribution < -0.4 is 11.1 Å². The zero-order valence-electron chi connectivity index (χ0n) is 14.0. The molecule has 5 nitrogen and oxygen atoms in total. The summed E-state index contributed by atoms with van der Waals surface area (Å²) < 4.78 is 0. The fraction of sp³-hybridized carbons (Fsp3) is 0.211. The van der Waals surface area contributed by atoms with Crippen LogP contribution in [0.15, 0.2) is 55.1 Å². The van der Waals surface area contributed by atoms with Gasteiger partial charge in [0.05, 0.1) is 0 Å². The van der Waals surface area contributed by atoms with Crippen LogP contribution in [0.25, 0.3) is 0 Å². The quantitative estimate of drug-likeness (QED) is 0.685. The first-order valence-corrected chi connectivity index (χ1v) is 8.85. The molecule has 1 amide bonds. The molecule has 0 radical (unpaired) electrons. The molecule has 1 atom stereocenters. The molecule has 0 bridgehead atoms. The van der Waals surface area contributed by atoms with E-state index >= 15 is 0 Å². The number of hydrogen-bond donors (Lipinski definition) is 2. The summed E-state index contributed by atoms with van der Waals surface area (Å²) in [5, 5.41) is 3.29. The summed E-state index contributed by atoms with van der Waals surface area (Å²) in [5.41, 5.74) is 8.98. The first-order chi connectivity index (χ1) is 12.1. The number of carbonyl (C=O) groups is 1. The van der Waals surface area contributed by atoms with E-state index < -0.39 is 6.04 Å².